The third kappa shape index (κ3) is 13.3. The van der Waals surface area contributed by atoms with Gasteiger partial charge in [-0.15, -0.1) is 0 Å². The summed E-state index contributed by atoms with van der Waals surface area (Å²) in [5.41, 5.74) is 1.90. The molecule has 0 saturated heterocycles. The van der Waals surface area contributed by atoms with Crippen molar-refractivity contribution in [3.8, 4) is 0 Å². The second kappa shape index (κ2) is 17.9. The van der Waals surface area contributed by atoms with Crippen LogP contribution in [0.4, 0.5) is 4.79 Å². The first-order valence-electron chi connectivity index (χ1n) is 16.2. The molecule has 0 aliphatic carbocycles. The number of nitrogens with zero attached hydrogens (tertiary/aromatic N) is 1. The molecular formula is C38H49N3O6. The highest BCUT2D eigenvalue weighted by atomic mass is 16.6. The molecule has 0 fully saturated rings. The van der Waals surface area contributed by atoms with Crippen LogP contribution >= 0.6 is 0 Å². The Balaban J connectivity index is 1.78. The van der Waals surface area contributed by atoms with Crippen molar-refractivity contribution in [3.05, 3.63) is 108 Å². The molecule has 2 N–H and O–H groups in total. The van der Waals surface area contributed by atoms with Crippen LogP contribution in [0, 0.1) is 5.92 Å². The van der Waals surface area contributed by atoms with E-state index in [-0.39, 0.29) is 38.0 Å². The van der Waals surface area contributed by atoms with Crippen molar-refractivity contribution in [2.75, 3.05) is 13.1 Å². The predicted octanol–water partition coefficient (Wildman–Crippen LogP) is 6.03. The van der Waals surface area contributed by atoms with Gasteiger partial charge < -0.3 is 20.1 Å². The molecule has 0 radical (unpaired) electrons. The highest BCUT2D eigenvalue weighted by Gasteiger charge is 2.31. The van der Waals surface area contributed by atoms with Crippen LogP contribution in [-0.4, -0.2) is 59.6 Å². The molecule has 9 heteroatoms. The zero-order valence-corrected chi connectivity index (χ0v) is 28.4. The van der Waals surface area contributed by atoms with E-state index in [4.69, 9.17) is 9.47 Å². The van der Waals surface area contributed by atoms with Gasteiger partial charge >= 0.3 is 12.1 Å². The Hall–Kier alpha value is -4.66. The second-order valence-corrected chi connectivity index (χ2v) is 13.3. The average molecular weight is 644 g/mol. The van der Waals surface area contributed by atoms with E-state index in [1.54, 1.807) is 20.8 Å². The Labute approximate surface area is 279 Å². The van der Waals surface area contributed by atoms with Crippen molar-refractivity contribution in [3.63, 3.8) is 0 Å². The number of ether oxygens (including phenoxy) is 2. The fourth-order valence-corrected chi connectivity index (χ4v) is 5.01. The summed E-state index contributed by atoms with van der Waals surface area (Å²) in [4.78, 5) is 55.1. The summed E-state index contributed by atoms with van der Waals surface area (Å²) < 4.78 is 11.2. The fraction of sp³-hybridized carbons (Fsp3) is 0.421. The van der Waals surface area contributed by atoms with Gasteiger partial charge in [-0.2, -0.15) is 0 Å². The van der Waals surface area contributed by atoms with Gasteiger partial charge in [-0.1, -0.05) is 112 Å². The van der Waals surface area contributed by atoms with Crippen molar-refractivity contribution in [1.29, 1.82) is 0 Å². The quantitative estimate of drug-likeness (QED) is 0.196. The lowest BCUT2D eigenvalue weighted by Gasteiger charge is -2.30. The Morgan fingerprint density at radius 1 is 0.745 bits per heavy atom. The molecule has 3 amide bonds. The van der Waals surface area contributed by atoms with E-state index in [1.165, 1.54) is 4.90 Å². The molecule has 3 atom stereocenters. The zero-order chi connectivity index (χ0) is 34.4. The van der Waals surface area contributed by atoms with E-state index in [0.29, 0.717) is 6.42 Å². The molecule has 252 valence electrons. The summed E-state index contributed by atoms with van der Waals surface area (Å²) in [5.74, 6) is -1.60. The number of nitrogens with one attached hydrogen (secondary N) is 2. The fourth-order valence-electron chi connectivity index (χ4n) is 5.01. The number of benzene rings is 3. The Morgan fingerprint density at radius 3 is 1.85 bits per heavy atom. The lowest BCUT2D eigenvalue weighted by molar-refractivity contribution is -0.149. The smallest absolute Gasteiger partial charge is 0.410 e. The lowest BCUT2D eigenvalue weighted by atomic mass is 10.0. The van der Waals surface area contributed by atoms with Gasteiger partial charge in [0.25, 0.3) is 0 Å². The molecule has 3 aromatic rings. The van der Waals surface area contributed by atoms with E-state index in [1.807, 2.05) is 112 Å². The maximum Gasteiger partial charge on any atom is 0.410 e. The van der Waals surface area contributed by atoms with Crippen LogP contribution in [0.3, 0.4) is 0 Å². The molecule has 0 bridgehead atoms. The lowest BCUT2D eigenvalue weighted by Crippen LogP contribution is -2.55. The Morgan fingerprint density at radius 2 is 1.30 bits per heavy atom. The van der Waals surface area contributed by atoms with Crippen molar-refractivity contribution in [2.24, 2.45) is 5.92 Å². The topological polar surface area (TPSA) is 114 Å². The second-order valence-electron chi connectivity index (χ2n) is 13.3. The van der Waals surface area contributed by atoms with Crippen molar-refractivity contribution < 1.29 is 28.7 Å². The normalized spacial score (nSPS) is 13.2. The van der Waals surface area contributed by atoms with Gasteiger partial charge in [-0.05, 0) is 55.7 Å². The van der Waals surface area contributed by atoms with Crippen LogP contribution in [0.5, 0.6) is 0 Å². The first-order valence-corrected chi connectivity index (χ1v) is 16.2. The molecule has 0 aliphatic rings. The van der Waals surface area contributed by atoms with Gasteiger partial charge in [0, 0.05) is 13.0 Å². The average Bonchev–Trinajstić information content (AvgIpc) is 3.03. The largest absolute Gasteiger partial charge is 0.459 e. The van der Waals surface area contributed by atoms with Crippen LogP contribution in [0.1, 0.15) is 70.6 Å². The molecule has 0 unspecified atom stereocenters. The Bertz CT molecular complexity index is 1420. The maximum absolute atomic E-state index is 13.8. The maximum atomic E-state index is 13.8. The van der Waals surface area contributed by atoms with E-state index in [0.717, 1.165) is 16.7 Å². The molecular weight excluding hydrogens is 594 g/mol. The van der Waals surface area contributed by atoms with Gasteiger partial charge in [0.2, 0.25) is 11.8 Å². The monoisotopic (exact) mass is 643 g/mol. The van der Waals surface area contributed by atoms with E-state index < -0.39 is 41.6 Å². The van der Waals surface area contributed by atoms with Gasteiger partial charge in [0.05, 0.1) is 0 Å². The molecule has 0 heterocycles. The standard InChI is InChI=1S/C38H49N3O6/c1-27(2)22-33(36(44)46-26-30-18-12-8-13-19-30)40-35(43)32(23-29-16-10-7-11-17-29)39-34(42)25-41(37(45)47-38(4,5)6)24-28(3)31-20-14-9-15-21-31/h7-21,27-28,32-33H,22-26H2,1-6H3,(H,39,42)(H,40,43)/t28-,32-,33-/m1/s1. The number of hydrogen-bond donors (Lipinski definition) is 2. The van der Waals surface area contributed by atoms with Gasteiger partial charge in [0.15, 0.2) is 0 Å². The minimum absolute atomic E-state index is 0.0796. The van der Waals surface area contributed by atoms with Crippen molar-refractivity contribution in [1.82, 2.24) is 15.5 Å². The minimum Gasteiger partial charge on any atom is -0.459 e. The van der Waals surface area contributed by atoms with E-state index >= 15 is 0 Å². The minimum atomic E-state index is -1.02. The molecule has 0 aliphatic heterocycles. The highest BCUT2D eigenvalue weighted by Crippen LogP contribution is 2.18. The van der Waals surface area contributed by atoms with Crippen LogP contribution in [0.2, 0.25) is 0 Å². The van der Waals surface area contributed by atoms with Crippen molar-refractivity contribution >= 4 is 23.9 Å². The summed E-state index contributed by atoms with van der Waals surface area (Å²) in [6, 6.07) is 26.4. The van der Waals surface area contributed by atoms with Crippen LogP contribution in [0.25, 0.3) is 0 Å². The summed E-state index contributed by atoms with van der Waals surface area (Å²) >= 11 is 0. The molecule has 0 spiro atoms. The Kier molecular flexibility index (Phi) is 14.0. The zero-order valence-electron chi connectivity index (χ0n) is 28.4. The SMILES string of the molecule is CC(C)C[C@@H](NC(=O)[C@@H](Cc1ccccc1)NC(=O)CN(C[C@@H](C)c1ccccc1)C(=O)OC(C)(C)C)C(=O)OCc1ccccc1. The number of esters is 1. The van der Waals surface area contributed by atoms with Crippen molar-refractivity contribution in [2.45, 2.75) is 84.6 Å². The molecule has 0 saturated carbocycles. The van der Waals surface area contributed by atoms with Crippen LogP contribution < -0.4 is 10.6 Å². The third-order valence-corrected chi connectivity index (χ3v) is 7.32. The number of rotatable bonds is 15. The molecule has 47 heavy (non-hydrogen) atoms. The number of amides is 3. The third-order valence-electron chi connectivity index (χ3n) is 7.32. The van der Waals surface area contributed by atoms with Crippen LogP contribution in [0.15, 0.2) is 91.0 Å². The molecule has 9 nitrogen and oxygen atoms in total. The highest BCUT2D eigenvalue weighted by molar-refractivity contribution is 5.92. The molecule has 3 rings (SSSR count). The first kappa shape index (κ1) is 36.8. The van der Waals surface area contributed by atoms with Gasteiger partial charge in [-0.3, -0.25) is 14.5 Å². The summed E-state index contributed by atoms with van der Waals surface area (Å²) in [6.45, 7) is 11.2. The van der Waals surface area contributed by atoms with Crippen LogP contribution in [-0.2, 0) is 36.9 Å². The van der Waals surface area contributed by atoms with E-state index in [2.05, 4.69) is 10.6 Å². The number of carbonyl (C=O) groups excluding carboxylic acids is 4. The first-order chi connectivity index (χ1) is 22.3. The number of carbonyl (C=O) groups is 4. The van der Waals surface area contributed by atoms with Gasteiger partial charge in [-0.25, -0.2) is 9.59 Å². The van der Waals surface area contributed by atoms with Gasteiger partial charge in [0.1, 0.15) is 30.8 Å². The number of hydrogen-bond acceptors (Lipinski definition) is 6. The molecule has 0 aromatic heterocycles. The summed E-state index contributed by atoms with van der Waals surface area (Å²) in [7, 11) is 0. The predicted molar refractivity (Wildman–Crippen MR) is 182 cm³/mol. The van der Waals surface area contributed by atoms with E-state index in [9.17, 15) is 19.2 Å². The molecule has 3 aromatic carbocycles. The summed E-state index contributed by atoms with van der Waals surface area (Å²) in [6.07, 6.45) is -0.0916. The summed E-state index contributed by atoms with van der Waals surface area (Å²) in [5, 5.41) is 5.67.